The van der Waals surface area contributed by atoms with Gasteiger partial charge in [-0.3, -0.25) is 0 Å². The molecule has 4 heteroatoms. The third kappa shape index (κ3) is 2.81. The molecule has 0 spiro atoms. The Labute approximate surface area is 119 Å². The number of hydrogen-bond donors (Lipinski definition) is 2. The smallest absolute Gasteiger partial charge is 0.129 e. The summed E-state index contributed by atoms with van der Waals surface area (Å²) < 4.78 is 14.1. The molecule has 2 aliphatic rings. The molecule has 0 unspecified atom stereocenters. The number of anilines is 1. The highest BCUT2D eigenvalue weighted by Gasteiger charge is 2.33. The molecule has 0 amide bonds. The first kappa shape index (κ1) is 13.8. The number of aliphatic hydroxyl groups is 1. The lowest BCUT2D eigenvalue weighted by Crippen LogP contribution is -2.46. The standard InChI is InChI=1S/C16H23FN2O/c17-14-5-3-6-15(19-9-1-2-10-19)13(14)11-18-12-16(20)7-4-8-16/h3,5-6,18,20H,1-2,4,7-12H2. The van der Waals surface area contributed by atoms with Crippen molar-refractivity contribution >= 4 is 5.69 Å². The summed E-state index contributed by atoms with van der Waals surface area (Å²) in [6.07, 6.45) is 5.18. The molecule has 20 heavy (non-hydrogen) atoms. The van der Waals surface area contributed by atoms with Crippen LogP contribution in [-0.2, 0) is 6.54 Å². The van der Waals surface area contributed by atoms with Gasteiger partial charge in [-0.1, -0.05) is 6.07 Å². The zero-order valence-corrected chi connectivity index (χ0v) is 11.9. The van der Waals surface area contributed by atoms with E-state index < -0.39 is 5.60 Å². The number of nitrogens with zero attached hydrogens (tertiary/aromatic N) is 1. The predicted molar refractivity (Wildman–Crippen MR) is 78.4 cm³/mol. The summed E-state index contributed by atoms with van der Waals surface area (Å²) in [5.41, 5.74) is 1.19. The van der Waals surface area contributed by atoms with Crippen LogP contribution < -0.4 is 10.2 Å². The van der Waals surface area contributed by atoms with Crippen molar-refractivity contribution in [3.8, 4) is 0 Å². The van der Waals surface area contributed by atoms with Crippen LogP contribution in [0.4, 0.5) is 10.1 Å². The highest BCUT2D eigenvalue weighted by atomic mass is 19.1. The average Bonchev–Trinajstić information content (AvgIpc) is 2.92. The van der Waals surface area contributed by atoms with E-state index in [1.54, 1.807) is 6.07 Å². The molecule has 3 nitrogen and oxygen atoms in total. The summed E-state index contributed by atoms with van der Waals surface area (Å²) in [5.74, 6) is -0.150. The van der Waals surface area contributed by atoms with Crippen LogP contribution in [0.15, 0.2) is 18.2 Å². The summed E-state index contributed by atoms with van der Waals surface area (Å²) >= 11 is 0. The Hall–Kier alpha value is -1.13. The third-order valence-corrected chi connectivity index (χ3v) is 4.58. The molecule has 0 aromatic heterocycles. The van der Waals surface area contributed by atoms with Gasteiger partial charge >= 0.3 is 0 Å². The second kappa shape index (κ2) is 5.70. The number of hydrogen-bond acceptors (Lipinski definition) is 3. The van der Waals surface area contributed by atoms with Gasteiger partial charge in [0.25, 0.3) is 0 Å². The van der Waals surface area contributed by atoms with Crippen LogP contribution in [0, 0.1) is 5.82 Å². The normalized spacial score (nSPS) is 21.0. The quantitative estimate of drug-likeness (QED) is 0.868. The lowest BCUT2D eigenvalue weighted by Gasteiger charge is -2.36. The molecular formula is C16H23FN2O. The first-order valence-electron chi connectivity index (χ1n) is 7.63. The van der Waals surface area contributed by atoms with Gasteiger partial charge in [0.1, 0.15) is 5.82 Å². The SMILES string of the molecule is OC1(CNCc2c(F)cccc2N2CCCC2)CCC1. The second-order valence-electron chi connectivity index (χ2n) is 6.11. The molecule has 110 valence electrons. The summed E-state index contributed by atoms with van der Waals surface area (Å²) in [4.78, 5) is 2.26. The van der Waals surface area contributed by atoms with Gasteiger partial charge in [-0.25, -0.2) is 4.39 Å². The number of nitrogens with one attached hydrogen (secondary N) is 1. The third-order valence-electron chi connectivity index (χ3n) is 4.58. The minimum Gasteiger partial charge on any atom is -0.389 e. The number of rotatable bonds is 5. The number of benzene rings is 1. The van der Waals surface area contributed by atoms with Crippen molar-refractivity contribution in [3.05, 3.63) is 29.6 Å². The Kier molecular flexibility index (Phi) is 3.94. The van der Waals surface area contributed by atoms with Crippen LogP contribution in [0.1, 0.15) is 37.7 Å². The molecule has 2 fully saturated rings. The Morgan fingerprint density at radius 2 is 1.95 bits per heavy atom. The van der Waals surface area contributed by atoms with Crippen molar-refractivity contribution in [1.29, 1.82) is 0 Å². The van der Waals surface area contributed by atoms with E-state index in [1.165, 1.54) is 18.9 Å². The highest BCUT2D eigenvalue weighted by Crippen LogP contribution is 2.31. The van der Waals surface area contributed by atoms with Crippen LogP contribution in [0.5, 0.6) is 0 Å². The molecular weight excluding hydrogens is 255 g/mol. The van der Waals surface area contributed by atoms with Crippen molar-refractivity contribution < 1.29 is 9.50 Å². The molecule has 1 aliphatic heterocycles. The lowest BCUT2D eigenvalue weighted by atomic mass is 9.80. The van der Waals surface area contributed by atoms with Crippen LogP contribution in [0.2, 0.25) is 0 Å². The molecule has 2 N–H and O–H groups in total. The fourth-order valence-corrected chi connectivity index (χ4v) is 3.16. The van der Waals surface area contributed by atoms with Gasteiger partial charge < -0.3 is 15.3 Å². The Balaban J connectivity index is 1.67. The topological polar surface area (TPSA) is 35.5 Å². The van der Waals surface area contributed by atoms with Crippen LogP contribution in [0.25, 0.3) is 0 Å². The van der Waals surface area contributed by atoms with Gasteiger partial charge in [-0.2, -0.15) is 0 Å². The largest absolute Gasteiger partial charge is 0.389 e. The Bertz CT molecular complexity index is 468. The molecule has 1 aromatic rings. The van der Waals surface area contributed by atoms with Gasteiger partial charge in [-0.05, 0) is 44.2 Å². The molecule has 3 rings (SSSR count). The minimum absolute atomic E-state index is 0.150. The molecule has 0 bridgehead atoms. The van der Waals surface area contributed by atoms with E-state index in [4.69, 9.17) is 0 Å². The summed E-state index contributed by atoms with van der Waals surface area (Å²) in [5, 5.41) is 13.3. The van der Waals surface area contributed by atoms with Crippen molar-refractivity contribution in [2.45, 2.75) is 44.2 Å². The maximum absolute atomic E-state index is 14.1. The summed E-state index contributed by atoms with van der Waals surface area (Å²) in [6, 6.07) is 5.31. The maximum Gasteiger partial charge on any atom is 0.129 e. The minimum atomic E-state index is -0.556. The van der Waals surface area contributed by atoms with Crippen molar-refractivity contribution in [2.75, 3.05) is 24.5 Å². The van der Waals surface area contributed by atoms with E-state index in [1.807, 2.05) is 6.07 Å². The van der Waals surface area contributed by atoms with E-state index in [0.29, 0.717) is 13.1 Å². The second-order valence-corrected chi connectivity index (χ2v) is 6.11. The van der Waals surface area contributed by atoms with E-state index in [-0.39, 0.29) is 5.82 Å². The van der Waals surface area contributed by atoms with E-state index in [9.17, 15) is 9.50 Å². The van der Waals surface area contributed by atoms with E-state index in [0.717, 1.165) is 43.6 Å². The van der Waals surface area contributed by atoms with E-state index >= 15 is 0 Å². The first-order valence-corrected chi connectivity index (χ1v) is 7.63. The first-order chi connectivity index (χ1) is 9.68. The molecule has 0 atom stereocenters. The van der Waals surface area contributed by atoms with E-state index in [2.05, 4.69) is 10.2 Å². The zero-order chi connectivity index (χ0) is 14.0. The number of halogens is 1. The molecule has 1 saturated heterocycles. The zero-order valence-electron chi connectivity index (χ0n) is 11.9. The average molecular weight is 278 g/mol. The van der Waals surface area contributed by atoms with Crippen LogP contribution in [0.3, 0.4) is 0 Å². The summed E-state index contributed by atoms with van der Waals surface area (Å²) in [7, 11) is 0. The molecule has 1 aliphatic carbocycles. The van der Waals surface area contributed by atoms with Crippen LogP contribution >= 0.6 is 0 Å². The lowest BCUT2D eigenvalue weighted by molar-refractivity contribution is -0.0315. The highest BCUT2D eigenvalue weighted by molar-refractivity contribution is 5.54. The van der Waals surface area contributed by atoms with Crippen molar-refractivity contribution in [1.82, 2.24) is 5.32 Å². The van der Waals surface area contributed by atoms with Gasteiger partial charge in [0.15, 0.2) is 0 Å². The Morgan fingerprint density at radius 1 is 1.20 bits per heavy atom. The van der Waals surface area contributed by atoms with Crippen molar-refractivity contribution in [3.63, 3.8) is 0 Å². The predicted octanol–water partition coefficient (Wildman–Crippen LogP) is 2.43. The summed E-state index contributed by atoms with van der Waals surface area (Å²) in [6.45, 7) is 3.07. The van der Waals surface area contributed by atoms with Crippen LogP contribution in [-0.4, -0.2) is 30.3 Å². The Morgan fingerprint density at radius 3 is 2.60 bits per heavy atom. The monoisotopic (exact) mass is 278 g/mol. The molecule has 1 aromatic carbocycles. The van der Waals surface area contributed by atoms with Gasteiger partial charge in [0, 0.05) is 37.4 Å². The van der Waals surface area contributed by atoms with Gasteiger partial charge in [0.05, 0.1) is 5.60 Å². The fourth-order valence-electron chi connectivity index (χ4n) is 3.16. The molecule has 1 heterocycles. The fraction of sp³-hybridized carbons (Fsp3) is 0.625. The van der Waals surface area contributed by atoms with Gasteiger partial charge in [-0.15, -0.1) is 0 Å². The van der Waals surface area contributed by atoms with Crippen molar-refractivity contribution in [2.24, 2.45) is 0 Å². The maximum atomic E-state index is 14.1. The van der Waals surface area contributed by atoms with Gasteiger partial charge in [0.2, 0.25) is 0 Å². The molecule has 1 saturated carbocycles. The molecule has 0 radical (unpaired) electrons.